The summed E-state index contributed by atoms with van der Waals surface area (Å²) < 4.78 is 13.1. The van der Waals surface area contributed by atoms with E-state index in [9.17, 15) is 4.39 Å². The zero-order valence-corrected chi connectivity index (χ0v) is 11.1. The number of nitrogens with two attached hydrogens (primary N) is 1. The molecule has 1 aromatic carbocycles. The van der Waals surface area contributed by atoms with E-state index in [1.807, 2.05) is 21.0 Å². The minimum Gasteiger partial charge on any atom is -0.389 e. The van der Waals surface area contributed by atoms with Gasteiger partial charge in [-0.25, -0.2) is 4.39 Å². The van der Waals surface area contributed by atoms with Crippen molar-refractivity contribution in [2.45, 2.75) is 13.0 Å². The Morgan fingerprint density at radius 3 is 2.71 bits per heavy atom. The van der Waals surface area contributed by atoms with E-state index in [0.29, 0.717) is 5.56 Å². The minimum atomic E-state index is -0.335. The van der Waals surface area contributed by atoms with E-state index >= 15 is 0 Å². The second-order valence-corrected chi connectivity index (χ2v) is 4.80. The van der Waals surface area contributed by atoms with Crippen LogP contribution in [-0.4, -0.2) is 36.6 Å². The van der Waals surface area contributed by atoms with E-state index in [1.54, 1.807) is 6.07 Å². The predicted octanol–water partition coefficient (Wildman–Crippen LogP) is 1.82. The van der Waals surface area contributed by atoms with Crippen LogP contribution in [0, 0.1) is 5.82 Å². The van der Waals surface area contributed by atoms with Crippen LogP contribution in [0.4, 0.5) is 10.1 Å². The summed E-state index contributed by atoms with van der Waals surface area (Å²) in [5.41, 5.74) is 6.89. The number of nitrogens with one attached hydrogen (secondary N) is 1. The van der Waals surface area contributed by atoms with Gasteiger partial charge in [-0.05, 0) is 39.2 Å². The number of benzene rings is 1. The first-order valence-corrected chi connectivity index (χ1v) is 5.81. The summed E-state index contributed by atoms with van der Waals surface area (Å²) in [5.74, 6) is -0.335. The first-order valence-electron chi connectivity index (χ1n) is 5.40. The number of likely N-dealkylation sites (N-methyl/N-ethyl adjacent to an activating group) is 1. The van der Waals surface area contributed by atoms with Crippen LogP contribution in [0.2, 0.25) is 0 Å². The molecule has 0 aliphatic carbocycles. The lowest BCUT2D eigenvalue weighted by Crippen LogP contribution is -2.30. The van der Waals surface area contributed by atoms with Crippen LogP contribution in [0.3, 0.4) is 0 Å². The topological polar surface area (TPSA) is 41.3 Å². The second kappa shape index (κ2) is 5.93. The third kappa shape index (κ3) is 4.28. The van der Waals surface area contributed by atoms with Gasteiger partial charge in [0.05, 0.1) is 0 Å². The van der Waals surface area contributed by atoms with Crippen molar-refractivity contribution in [3.8, 4) is 0 Å². The molecule has 0 heterocycles. The fraction of sp³-hybridized carbons (Fsp3) is 0.417. The Bertz CT molecular complexity index is 407. The van der Waals surface area contributed by atoms with Gasteiger partial charge in [-0.2, -0.15) is 0 Å². The largest absolute Gasteiger partial charge is 0.389 e. The van der Waals surface area contributed by atoms with Crippen molar-refractivity contribution in [2.24, 2.45) is 5.73 Å². The van der Waals surface area contributed by atoms with E-state index < -0.39 is 0 Å². The molecule has 0 saturated carbocycles. The molecule has 17 heavy (non-hydrogen) atoms. The number of nitrogens with zero attached hydrogens (tertiary/aromatic N) is 1. The van der Waals surface area contributed by atoms with Gasteiger partial charge in [-0.1, -0.05) is 12.2 Å². The predicted molar refractivity (Wildman–Crippen MR) is 73.9 cm³/mol. The van der Waals surface area contributed by atoms with Crippen molar-refractivity contribution in [3.05, 3.63) is 29.6 Å². The standard InChI is InChI=1S/C12H18FN3S/c1-8(7-16(2)3)15-11-5-4-9(13)6-10(11)12(14)17/h4-6,8,15H,7H2,1-3H3,(H2,14,17). The summed E-state index contributed by atoms with van der Waals surface area (Å²) in [4.78, 5) is 2.27. The van der Waals surface area contributed by atoms with Crippen molar-refractivity contribution in [1.82, 2.24) is 4.90 Å². The van der Waals surface area contributed by atoms with Gasteiger partial charge in [-0.3, -0.25) is 0 Å². The summed E-state index contributed by atoms with van der Waals surface area (Å²) in [7, 11) is 3.99. The number of anilines is 1. The van der Waals surface area contributed by atoms with Crippen LogP contribution >= 0.6 is 12.2 Å². The molecule has 0 bridgehead atoms. The smallest absolute Gasteiger partial charge is 0.124 e. The van der Waals surface area contributed by atoms with Gasteiger partial charge < -0.3 is 16.0 Å². The molecular weight excluding hydrogens is 237 g/mol. The van der Waals surface area contributed by atoms with Gasteiger partial charge in [-0.15, -0.1) is 0 Å². The van der Waals surface area contributed by atoms with Crippen LogP contribution in [-0.2, 0) is 0 Å². The number of thiocarbonyl (C=S) groups is 1. The molecule has 1 aromatic rings. The van der Waals surface area contributed by atoms with Crippen molar-refractivity contribution in [1.29, 1.82) is 0 Å². The molecule has 5 heteroatoms. The Kier molecular flexibility index (Phi) is 4.84. The van der Waals surface area contributed by atoms with Gasteiger partial charge >= 0.3 is 0 Å². The Morgan fingerprint density at radius 1 is 1.53 bits per heavy atom. The van der Waals surface area contributed by atoms with Gasteiger partial charge in [0.1, 0.15) is 10.8 Å². The maximum atomic E-state index is 13.1. The summed E-state index contributed by atoms with van der Waals surface area (Å²) in [6.45, 7) is 2.92. The summed E-state index contributed by atoms with van der Waals surface area (Å²) in [6, 6.07) is 4.64. The lowest BCUT2D eigenvalue weighted by molar-refractivity contribution is 0.392. The van der Waals surface area contributed by atoms with Gasteiger partial charge in [0.15, 0.2) is 0 Å². The molecule has 3 N–H and O–H groups in total. The monoisotopic (exact) mass is 255 g/mol. The number of rotatable bonds is 5. The van der Waals surface area contributed by atoms with Gasteiger partial charge in [0, 0.05) is 23.8 Å². The lowest BCUT2D eigenvalue weighted by atomic mass is 10.1. The fourth-order valence-corrected chi connectivity index (χ4v) is 1.87. The van der Waals surface area contributed by atoms with E-state index in [0.717, 1.165) is 12.2 Å². The Hall–Kier alpha value is -1.20. The third-order valence-corrected chi connectivity index (χ3v) is 2.51. The minimum absolute atomic E-state index is 0.198. The van der Waals surface area contributed by atoms with Gasteiger partial charge in [0.2, 0.25) is 0 Å². The number of hydrogen-bond donors (Lipinski definition) is 2. The SMILES string of the molecule is CC(CN(C)C)Nc1ccc(F)cc1C(N)=S. The van der Waals surface area contributed by atoms with Crippen molar-refractivity contribution >= 4 is 22.9 Å². The molecule has 0 radical (unpaired) electrons. The molecule has 0 aromatic heterocycles. The van der Waals surface area contributed by atoms with Crippen molar-refractivity contribution < 1.29 is 4.39 Å². The summed E-state index contributed by atoms with van der Waals surface area (Å²) in [5, 5.41) is 3.27. The zero-order chi connectivity index (χ0) is 13.0. The highest BCUT2D eigenvalue weighted by Crippen LogP contribution is 2.18. The Morgan fingerprint density at radius 2 is 2.18 bits per heavy atom. The fourth-order valence-electron chi connectivity index (χ4n) is 1.71. The summed E-state index contributed by atoms with van der Waals surface area (Å²) >= 11 is 4.91. The third-order valence-electron chi connectivity index (χ3n) is 2.29. The first-order chi connectivity index (χ1) is 7.90. The highest BCUT2D eigenvalue weighted by molar-refractivity contribution is 7.80. The molecule has 0 amide bonds. The lowest BCUT2D eigenvalue weighted by Gasteiger charge is -2.21. The molecule has 3 nitrogen and oxygen atoms in total. The average Bonchev–Trinajstić information content (AvgIpc) is 2.19. The normalized spacial score (nSPS) is 12.5. The molecule has 1 unspecified atom stereocenters. The molecule has 1 rings (SSSR count). The van der Waals surface area contributed by atoms with Crippen LogP contribution in [0.5, 0.6) is 0 Å². The molecule has 94 valence electrons. The maximum Gasteiger partial charge on any atom is 0.124 e. The molecule has 0 aliphatic rings. The van der Waals surface area contributed by atoms with E-state index in [2.05, 4.69) is 10.2 Å². The van der Waals surface area contributed by atoms with E-state index in [-0.39, 0.29) is 16.8 Å². The van der Waals surface area contributed by atoms with Crippen LogP contribution in [0.15, 0.2) is 18.2 Å². The van der Waals surface area contributed by atoms with E-state index in [4.69, 9.17) is 18.0 Å². The Balaban J connectivity index is 2.86. The van der Waals surface area contributed by atoms with Crippen molar-refractivity contribution in [3.63, 3.8) is 0 Å². The highest BCUT2D eigenvalue weighted by atomic mass is 32.1. The molecule has 0 aliphatic heterocycles. The van der Waals surface area contributed by atoms with Crippen LogP contribution in [0.1, 0.15) is 12.5 Å². The van der Waals surface area contributed by atoms with Crippen LogP contribution < -0.4 is 11.1 Å². The Labute approximate surface area is 107 Å². The molecule has 0 spiro atoms. The zero-order valence-electron chi connectivity index (χ0n) is 10.3. The summed E-state index contributed by atoms with van der Waals surface area (Å²) in [6.07, 6.45) is 0. The van der Waals surface area contributed by atoms with Crippen molar-refractivity contribution in [2.75, 3.05) is 26.0 Å². The van der Waals surface area contributed by atoms with Gasteiger partial charge in [0.25, 0.3) is 0 Å². The maximum absolute atomic E-state index is 13.1. The number of hydrogen-bond acceptors (Lipinski definition) is 3. The number of halogens is 1. The average molecular weight is 255 g/mol. The first kappa shape index (κ1) is 13.9. The second-order valence-electron chi connectivity index (χ2n) is 4.36. The molecule has 0 saturated heterocycles. The quantitative estimate of drug-likeness (QED) is 0.788. The molecule has 0 fully saturated rings. The molecular formula is C12H18FN3S. The van der Waals surface area contributed by atoms with E-state index in [1.165, 1.54) is 12.1 Å². The van der Waals surface area contributed by atoms with Crippen LogP contribution in [0.25, 0.3) is 0 Å². The highest BCUT2D eigenvalue weighted by Gasteiger charge is 2.10. The molecule has 1 atom stereocenters.